The van der Waals surface area contributed by atoms with Crippen LogP contribution in [0.1, 0.15) is 27.9 Å². The fourth-order valence-electron chi connectivity index (χ4n) is 2.25. The molecule has 140 valence electrons. The van der Waals surface area contributed by atoms with Gasteiger partial charge in [-0.15, -0.1) is 11.3 Å². The zero-order valence-electron chi connectivity index (χ0n) is 15.0. The number of guanidine groups is 1. The minimum absolute atomic E-state index is 0.0866. The van der Waals surface area contributed by atoms with Gasteiger partial charge in [-0.1, -0.05) is 23.7 Å². The maximum Gasteiger partial charge on any atom is 0.263 e. The van der Waals surface area contributed by atoms with E-state index in [1.54, 1.807) is 5.51 Å². The molecule has 0 aliphatic heterocycles. The standard InChI is InChI=1S/C18H24ClN5OS/c1-3-20-18(22-9-8-14-4-6-15(19)7-5-14)23-11-10-21-17(25)16-13(2)24-12-26-16/h4-7,12H,3,8-11H2,1-2H3,(H,21,25)(H2,20,22,23). The van der Waals surface area contributed by atoms with Gasteiger partial charge in [0.25, 0.3) is 5.91 Å². The predicted molar refractivity (Wildman–Crippen MR) is 108 cm³/mol. The molecule has 6 nitrogen and oxygen atoms in total. The van der Waals surface area contributed by atoms with E-state index in [0.717, 1.165) is 29.6 Å². The van der Waals surface area contributed by atoms with Crippen LogP contribution in [-0.4, -0.2) is 43.0 Å². The predicted octanol–water partition coefficient (Wildman–Crippen LogP) is 2.63. The highest BCUT2D eigenvalue weighted by atomic mass is 35.5. The lowest BCUT2D eigenvalue weighted by Gasteiger charge is -2.11. The Labute approximate surface area is 163 Å². The Morgan fingerprint density at radius 1 is 1.19 bits per heavy atom. The van der Waals surface area contributed by atoms with Crippen LogP contribution in [0.15, 0.2) is 34.8 Å². The van der Waals surface area contributed by atoms with Gasteiger partial charge in [-0.3, -0.25) is 9.79 Å². The fraction of sp³-hybridized carbons (Fsp3) is 0.389. The second-order valence-electron chi connectivity index (χ2n) is 5.59. The minimum atomic E-state index is -0.0866. The van der Waals surface area contributed by atoms with E-state index in [1.165, 1.54) is 16.9 Å². The molecule has 1 amide bonds. The Balaban J connectivity index is 1.73. The summed E-state index contributed by atoms with van der Waals surface area (Å²) in [5, 5.41) is 10.0. The molecular formula is C18H24ClN5OS. The third-order valence-electron chi connectivity index (χ3n) is 3.58. The van der Waals surface area contributed by atoms with E-state index >= 15 is 0 Å². The number of nitrogens with zero attached hydrogens (tertiary/aromatic N) is 2. The molecular weight excluding hydrogens is 370 g/mol. The first-order valence-corrected chi connectivity index (χ1v) is 9.80. The SMILES string of the molecule is CCNC(=NCCc1ccc(Cl)cc1)NCCNC(=O)c1scnc1C. The van der Waals surface area contributed by atoms with Crippen molar-refractivity contribution < 1.29 is 4.79 Å². The fourth-order valence-corrected chi connectivity index (χ4v) is 3.09. The first kappa shape index (κ1) is 20.2. The molecule has 0 aliphatic carbocycles. The van der Waals surface area contributed by atoms with E-state index in [1.807, 2.05) is 38.1 Å². The number of carbonyl (C=O) groups is 1. The Morgan fingerprint density at radius 3 is 2.58 bits per heavy atom. The van der Waals surface area contributed by atoms with E-state index in [2.05, 4.69) is 25.9 Å². The van der Waals surface area contributed by atoms with Crippen LogP contribution in [0.3, 0.4) is 0 Å². The van der Waals surface area contributed by atoms with Crippen molar-refractivity contribution in [2.24, 2.45) is 4.99 Å². The van der Waals surface area contributed by atoms with Gasteiger partial charge >= 0.3 is 0 Å². The third kappa shape index (κ3) is 6.65. The van der Waals surface area contributed by atoms with Crippen LogP contribution >= 0.6 is 22.9 Å². The van der Waals surface area contributed by atoms with Crippen LogP contribution in [0.5, 0.6) is 0 Å². The van der Waals surface area contributed by atoms with Crippen LogP contribution in [0.4, 0.5) is 0 Å². The first-order valence-electron chi connectivity index (χ1n) is 8.55. The average Bonchev–Trinajstić information content (AvgIpc) is 3.06. The molecule has 0 aliphatic rings. The lowest BCUT2D eigenvalue weighted by atomic mass is 10.1. The summed E-state index contributed by atoms with van der Waals surface area (Å²) < 4.78 is 0. The van der Waals surface area contributed by atoms with Gasteiger partial charge in [-0.2, -0.15) is 0 Å². The van der Waals surface area contributed by atoms with Crippen molar-refractivity contribution in [1.82, 2.24) is 20.9 Å². The number of aryl methyl sites for hydroxylation is 1. The second-order valence-corrected chi connectivity index (χ2v) is 6.88. The summed E-state index contributed by atoms with van der Waals surface area (Å²) in [6.45, 7) is 6.40. The molecule has 8 heteroatoms. The molecule has 0 fully saturated rings. The topological polar surface area (TPSA) is 78.4 Å². The van der Waals surface area contributed by atoms with Crippen LogP contribution in [0.25, 0.3) is 0 Å². The average molecular weight is 394 g/mol. The highest BCUT2D eigenvalue weighted by molar-refractivity contribution is 7.11. The molecule has 26 heavy (non-hydrogen) atoms. The van der Waals surface area contributed by atoms with Crippen LogP contribution in [-0.2, 0) is 6.42 Å². The summed E-state index contributed by atoms with van der Waals surface area (Å²) in [5.74, 6) is 0.654. The van der Waals surface area contributed by atoms with E-state index in [4.69, 9.17) is 11.6 Å². The quantitative estimate of drug-likeness (QED) is 0.366. The van der Waals surface area contributed by atoms with Gasteiger partial charge in [0, 0.05) is 31.2 Å². The lowest BCUT2D eigenvalue weighted by molar-refractivity contribution is 0.0957. The van der Waals surface area contributed by atoms with Gasteiger partial charge in [-0.25, -0.2) is 4.98 Å². The van der Waals surface area contributed by atoms with Crippen LogP contribution < -0.4 is 16.0 Å². The maximum atomic E-state index is 12.0. The Bertz CT molecular complexity index is 729. The van der Waals surface area contributed by atoms with Gasteiger partial charge in [-0.05, 0) is 38.0 Å². The molecule has 0 unspecified atom stereocenters. The van der Waals surface area contributed by atoms with E-state index in [-0.39, 0.29) is 5.91 Å². The van der Waals surface area contributed by atoms with Crippen molar-refractivity contribution in [2.45, 2.75) is 20.3 Å². The molecule has 2 aromatic rings. The number of halogens is 1. The van der Waals surface area contributed by atoms with Crippen molar-refractivity contribution in [2.75, 3.05) is 26.2 Å². The number of carbonyl (C=O) groups excluding carboxylic acids is 1. The molecule has 0 radical (unpaired) electrons. The van der Waals surface area contributed by atoms with Crippen molar-refractivity contribution in [1.29, 1.82) is 0 Å². The van der Waals surface area contributed by atoms with Gasteiger partial charge in [0.1, 0.15) is 4.88 Å². The van der Waals surface area contributed by atoms with Gasteiger partial charge in [0.05, 0.1) is 11.2 Å². The number of hydrogen-bond donors (Lipinski definition) is 3. The number of aliphatic imine (C=N–C) groups is 1. The number of nitrogens with one attached hydrogen (secondary N) is 3. The normalized spacial score (nSPS) is 11.3. The van der Waals surface area contributed by atoms with Crippen molar-refractivity contribution >= 4 is 34.8 Å². The van der Waals surface area contributed by atoms with Crippen LogP contribution in [0.2, 0.25) is 5.02 Å². The summed E-state index contributed by atoms with van der Waals surface area (Å²) in [6, 6.07) is 7.79. The number of amides is 1. The van der Waals surface area contributed by atoms with Gasteiger partial charge in [0.2, 0.25) is 0 Å². The summed E-state index contributed by atoms with van der Waals surface area (Å²) in [5.41, 5.74) is 3.64. The smallest absolute Gasteiger partial charge is 0.263 e. The number of hydrogen-bond acceptors (Lipinski definition) is 4. The molecule has 3 N–H and O–H groups in total. The molecule has 0 bridgehead atoms. The zero-order chi connectivity index (χ0) is 18.8. The first-order chi connectivity index (χ1) is 12.6. The monoisotopic (exact) mass is 393 g/mol. The molecule has 0 atom stereocenters. The summed E-state index contributed by atoms with van der Waals surface area (Å²) in [4.78, 5) is 21.3. The van der Waals surface area contributed by atoms with Crippen molar-refractivity contribution in [3.8, 4) is 0 Å². The van der Waals surface area contributed by atoms with E-state index < -0.39 is 0 Å². The third-order valence-corrected chi connectivity index (χ3v) is 4.76. The Kier molecular flexibility index (Phi) is 8.37. The zero-order valence-corrected chi connectivity index (χ0v) is 16.6. The lowest BCUT2D eigenvalue weighted by Crippen LogP contribution is -2.41. The van der Waals surface area contributed by atoms with Crippen molar-refractivity contribution in [3.63, 3.8) is 0 Å². The van der Waals surface area contributed by atoms with Gasteiger partial charge < -0.3 is 16.0 Å². The number of aromatic nitrogens is 1. The largest absolute Gasteiger partial charge is 0.357 e. The highest BCUT2D eigenvalue weighted by Gasteiger charge is 2.10. The summed E-state index contributed by atoms with van der Waals surface area (Å²) in [6.07, 6.45) is 0.842. The number of rotatable bonds is 8. The highest BCUT2D eigenvalue weighted by Crippen LogP contribution is 2.11. The molecule has 1 aromatic heterocycles. The molecule has 1 heterocycles. The second kappa shape index (κ2) is 10.8. The molecule has 0 spiro atoms. The summed E-state index contributed by atoms with van der Waals surface area (Å²) in [7, 11) is 0. The van der Waals surface area contributed by atoms with Gasteiger partial charge in [0.15, 0.2) is 5.96 Å². The Morgan fingerprint density at radius 2 is 1.92 bits per heavy atom. The minimum Gasteiger partial charge on any atom is -0.357 e. The molecule has 0 saturated heterocycles. The van der Waals surface area contributed by atoms with E-state index in [9.17, 15) is 4.79 Å². The number of thiazole rings is 1. The summed E-state index contributed by atoms with van der Waals surface area (Å²) >= 11 is 7.24. The maximum absolute atomic E-state index is 12.0. The van der Waals surface area contributed by atoms with Crippen LogP contribution in [0, 0.1) is 6.92 Å². The molecule has 0 saturated carbocycles. The van der Waals surface area contributed by atoms with Crippen molar-refractivity contribution in [3.05, 3.63) is 50.9 Å². The Hall–Kier alpha value is -2.12. The van der Waals surface area contributed by atoms with E-state index in [0.29, 0.717) is 24.5 Å². The molecule has 1 aromatic carbocycles. The molecule has 2 rings (SSSR count). The number of benzene rings is 1.